The Labute approximate surface area is 109 Å². The monoisotopic (exact) mass is 253 g/mol. The number of hydrogen-bond donors (Lipinski definition) is 0. The molecule has 1 heterocycles. The third-order valence-corrected chi connectivity index (χ3v) is 3.31. The lowest BCUT2D eigenvalue weighted by atomic mass is 10.1. The van der Waals surface area contributed by atoms with Crippen LogP contribution in [0.3, 0.4) is 0 Å². The lowest BCUT2D eigenvalue weighted by Gasteiger charge is -2.26. The van der Waals surface area contributed by atoms with E-state index < -0.39 is 0 Å². The maximum absolute atomic E-state index is 12.2. The number of nitrogens with zero attached hydrogens (tertiary/aromatic N) is 1. The molecule has 0 aromatic carbocycles. The van der Waals surface area contributed by atoms with Gasteiger partial charge in [0.15, 0.2) is 0 Å². The molecule has 0 aliphatic heterocycles. The molecule has 17 heavy (non-hydrogen) atoms. The first-order chi connectivity index (χ1) is 7.99. The Hall–Kier alpha value is -0.830. The van der Waals surface area contributed by atoms with Gasteiger partial charge in [0, 0.05) is 18.0 Å². The molecule has 1 aromatic heterocycles. The van der Waals surface area contributed by atoms with Crippen LogP contribution in [0.5, 0.6) is 0 Å². The van der Waals surface area contributed by atoms with Crippen molar-refractivity contribution in [3.8, 4) is 0 Å². The Kier molecular flexibility index (Phi) is 5.69. The summed E-state index contributed by atoms with van der Waals surface area (Å²) in [5, 5.41) is 2.03. The van der Waals surface area contributed by atoms with Crippen LogP contribution >= 0.6 is 11.3 Å². The van der Waals surface area contributed by atoms with Crippen molar-refractivity contribution in [3.05, 3.63) is 22.4 Å². The van der Waals surface area contributed by atoms with Gasteiger partial charge in [0.2, 0.25) is 5.91 Å². The van der Waals surface area contributed by atoms with Crippen molar-refractivity contribution < 1.29 is 4.79 Å². The average Bonchev–Trinajstić information content (AvgIpc) is 2.67. The fourth-order valence-electron chi connectivity index (χ4n) is 1.83. The van der Waals surface area contributed by atoms with Crippen molar-refractivity contribution >= 4 is 17.2 Å². The smallest absolute Gasteiger partial charge is 0.227 e. The number of carbonyl (C=O) groups excluding carboxylic acids is 1. The van der Waals surface area contributed by atoms with Gasteiger partial charge in [-0.3, -0.25) is 4.79 Å². The summed E-state index contributed by atoms with van der Waals surface area (Å²) in [4.78, 5) is 15.4. The number of rotatable bonds is 6. The second-order valence-corrected chi connectivity index (χ2v) is 6.37. The summed E-state index contributed by atoms with van der Waals surface area (Å²) in [6, 6.07) is 4.04. The van der Waals surface area contributed by atoms with Gasteiger partial charge in [-0.1, -0.05) is 33.8 Å². The van der Waals surface area contributed by atoms with Crippen molar-refractivity contribution in [2.24, 2.45) is 11.8 Å². The largest absolute Gasteiger partial charge is 0.342 e. The molecule has 3 heteroatoms. The van der Waals surface area contributed by atoms with Crippen molar-refractivity contribution in [1.82, 2.24) is 4.90 Å². The van der Waals surface area contributed by atoms with E-state index in [0.717, 1.165) is 18.0 Å². The second-order valence-electron chi connectivity index (χ2n) is 5.34. The first-order valence-corrected chi connectivity index (χ1v) is 7.17. The molecule has 0 saturated carbocycles. The van der Waals surface area contributed by atoms with Crippen LogP contribution in [0.15, 0.2) is 17.5 Å². The first kappa shape index (κ1) is 14.2. The molecule has 2 nitrogen and oxygen atoms in total. The number of amides is 1. The van der Waals surface area contributed by atoms with Gasteiger partial charge < -0.3 is 4.90 Å². The molecule has 0 aliphatic rings. The second kappa shape index (κ2) is 6.80. The molecule has 1 amide bonds. The Morgan fingerprint density at radius 3 is 2.24 bits per heavy atom. The molecule has 0 aliphatic carbocycles. The molecule has 0 N–H and O–H groups in total. The van der Waals surface area contributed by atoms with Crippen LogP contribution in [0, 0.1) is 11.8 Å². The fourth-order valence-corrected chi connectivity index (χ4v) is 2.53. The summed E-state index contributed by atoms with van der Waals surface area (Å²) in [5.74, 6) is 1.32. The van der Waals surface area contributed by atoms with E-state index in [1.807, 2.05) is 22.4 Å². The van der Waals surface area contributed by atoms with Crippen LogP contribution in [0.1, 0.15) is 32.6 Å². The van der Waals surface area contributed by atoms with Gasteiger partial charge in [0.05, 0.1) is 6.42 Å². The Morgan fingerprint density at radius 2 is 1.82 bits per heavy atom. The van der Waals surface area contributed by atoms with Crippen molar-refractivity contribution in [3.63, 3.8) is 0 Å². The summed E-state index contributed by atoms with van der Waals surface area (Å²) in [5.41, 5.74) is 0. The zero-order valence-corrected chi connectivity index (χ0v) is 12.1. The molecular weight excluding hydrogens is 230 g/mol. The van der Waals surface area contributed by atoms with Gasteiger partial charge >= 0.3 is 0 Å². The van der Waals surface area contributed by atoms with Crippen LogP contribution in [-0.4, -0.2) is 23.9 Å². The zero-order chi connectivity index (χ0) is 12.8. The van der Waals surface area contributed by atoms with E-state index in [2.05, 4.69) is 27.7 Å². The maximum atomic E-state index is 12.2. The van der Waals surface area contributed by atoms with Crippen molar-refractivity contribution in [2.75, 3.05) is 13.1 Å². The fraction of sp³-hybridized carbons (Fsp3) is 0.643. The highest BCUT2D eigenvalue weighted by atomic mass is 32.1. The molecular formula is C14H23NOS. The van der Waals surface area contributed by atoms with E-state index in [-0.39, 0.29) is 5.91 Å². The van der Waals surface area contributed by atoms with Crippen LogP contribution in [0.25, 0.3) is 0 Å². The van der Waals surface area contributed by atoms with E-state index in [4.69, 9.17) is 0 Å². The minimum atomic E-state index is 0.259. The van der Waals surface area contributed by atoms with E-state index in [9.17, 15) is 4.79 Å². The minimum absolute atomic E-state index is 0.259. The highest BCUT2D eigenvalue weighted by molar-refractivity contribution is 7.10. The third-order valence-electron chi connectivity index (χ3n) is 2.43. The van der Waals surface area contributed by atoms with Gasteiger partial charge in [-0.25, -0.2) is 0 Å². The summed E-state index contributed by atoms with van der Waals surface area (Å²) in [6.45, 7) is 10.4. The topological polar surface area (TPSA) is 20.3 Å². The van der Waals surface area contributed by atoms with E-state index in [1.165, 1.54) is 0 Å². The van der Waals surface area contributed by atoms with Gasteiger partial charge in [-0.05, 0) is 23.3 Å². The zero-order valence-electron chi connectivity index (χ0n) is 11.3. The Balaban J connectivity index is 2.58. The quantitative estimate of drug-likeness (QED) is 0.760. The Morgan fingerprint density at radius 1 is 1.24 bits per heavy atom. The molecule has 96 valence electrons. The maximum Gasteiger partial charge on any atom is 0.227 e. The molecule has 0 atom stereocenters. The molecule has 0 unspecified atom stereocenters. The van der Waals surface area contributed by atoms with E-state index in [0.29, 0.717) is 18.3 Å². The van der Waals surface area contributed by atoms with Crippen LogP contribution in [0.2, 0.25) is 0 Å². The lowest BCUT2D eigenvalue weighted by molar-refractivity contribution is -0.131. The summed E-state index contributed by atoms with van der Waals surface area (Å²) < 4.78 is 0. The summed E-state index contributed by atoms with van der Waals surface area (Å²) in [7, 11) is 0. The van der Waals surface area contributed by atoms with Crippen LogP contribution < -0.4 is 0 Å². The van der Waals surface area contributed by atoms with E-state index >= 15 is 0 Å². The number of thiophene rings is 1. The number of carbonyl (C=O) groups is 1. The first-order valence-electron chi connectivity index (χ1n) is 6.29. The van der Waals surface area contributed by atoms with Crippen molar-refractivity contribution in [1.29, 1.82) is 0 Å². The number of hydrogen-bond acceptors (Lipinski definition) is 2. The standard InChI is InChI=1S/C14H23NOS/c1-11(2)9-15(10-12(3)4)14(16)8-13-6-5-7-17-13/h5-7,11-12H,8-10H2,1-4H3. The molecule has 0 saturated heterocycles. The molecule has 0 spiro atoms. The van der Waals surface area contributed by atoms with Gasteiger partial charge in [-0.2, -0.15) is 0 Å². The highest BCUT2D eigenvalue weighted by Gasteiger charge is 2.16. The third kappa shape index (κ3) is 5.35. The van der Waals surface area contributed by atoms with Gasteiger partial charge in [-0.15, -0.1) is 11.3 Å². The SMILES string of the molecule is CC(C)CN(CC(C)C)C(=O)Cc1cccs1. The van der Waals surface area contributed by atoms with Crippen LogP contribution in [0.4, 0.5) is 0 Å². The molecule has 0 radical (unpaired) electrons. The summed E-state index contributed by atoms with van der Waals surface area (Å²) >= 11 is 1.66. The molecule has 0 bridgehead atoms. The average molecular weight is 253 g/mol. The van der Waals surface area contributed by atoms with Gasteiger partial charge in [0.25, 0.3) is 0 Å². The molecule has 0 fully saturated rings. The predicted octanol–water partition coefficient (Wildman–Crippen LogP) is 3.43. The van der Waals surface area contributed by atoms with Crippen molar-refractivity contribution in [2.45, 2.75) is 34.1 Å². The molecule has 1 aromatic rings. The molecule has 1 rings (SSSR count). The lowest BCUT2D eigenvalue weighted by Crippen LogP contribution is -2.37. The Bertz CT molecular complexity index is 320. The highest BCUT2D eigenvalue weighted by Crippen LogP contribution is 2.12. The van der Waals surface area contributed by atoms with Crippen LogP contribution in [-0.2, 0) is 11.2 Å². The predicted molar refractivity (Wildman–Crippen MR) is 74.3 cm³/mol. The minimum Gasteiger partial charge on any atom is -0.342 e. The van der Waals surface area contributed by atoms with Gasteiger partial charge in [0.1, 0.15) is 0 Å². The summed E-state index contributed by atoms with van der Waals surface area (Å²) in [6.07, 6.45) is 0.553. The van der Waals surface area contributed by atoms with E-state index in [1.54, 1.807) is 11.3 Å². The normalized spacial score (nSPS) is 11.2.